The molecule has 0 radical (unpaired) electrons. The summed E-state index contributed by atoms with van der Waals surface area (Å²) < 4.78 is 20.1. The molecule has 0 aliphatic rings. The maximum absolute atomic E-state index is 13.2. The van der Waals surface area contributed by atoms with E-state index in [0.717, 1.165) is 16.8 Å². The molecule has 9 nitrogen and oxygen atoms in total. The van der Waals surface area contributed by atoms with Crippen LogP contribution in [0.25, 0.3) is 0 Å². The molecule has 0 spiro atoms. The molecule has 170 valence electrons. The van der Waals surface area contributed by atoms with Gasteiger partial charge in [-0.15, -0.1) is 0 Å². The number of nitrogens with one attached hydrogen (secondary N) is 1. The van der Waals surface area contributed by atoms with E-state index >= 15 is 0 Å². The van der Waals surface area contributed by atoms with E-state index in [1.807, 2.05) is 6.92 Å². The van der Waals surface area contributed by atoms with Gasteiger partial charge in [0, 0.05) is 31.7 Å². The van der Waals surface area contributed by atoms with Crippen LogP contribution in [-0.2, 0) is 20.9 Å². The van der Waals surface area contributed by atoms with Crippen molar-refractivity contribution in [1.82, 2.24) is 14.5 Å². The first-order valence-corrected chi connectivity index (χ1v) is 10.1. The molecule has 0 saturated heterocycles. The van der Waals surface area contributed by atoms with Gasteiger partial charge >= 0.3 is 5.97 Å². The number of amides is 1. The molecule has 10 heteroatoms. The Balaban J connectivity index is 1.67. The molecule has 33 heavy (non-hydrogen) atoms. The van der Waals surface area contributed by atoms with Gasteiger partial charge in [-0.1, -0.05) is 12.1 Å². The van der Waals surface area contributed by atoms with Gasteiger partial charge in [0.05, 0.1) is 5.56 Å². The van der Waals surface area contributed by atoms with E-state index in [1.165, 1.54) is 17.0 Å². The van der Waals surface area contributed by atoms with E-state index in [4.69, 9.17) is 4.74 Å². The number of ether oxygens (including phenoxy) is 1. The third-order valence-electron chi connectivity index (χ3n) is 5.08. The molecule has 0 bridgehead atoms. The van der Waals surface area contributed by atoms with Crippen molar-refractivity contribution in [2.24, 2.45) is 0 Å². The van der Waals surface area contributed by atoms with E-state index in [0.29, 0.717) is 23.9 Å². The third-order valence-corrected chi connectivity index (χ3v) is 5.08. The van der Waals surface area contributed by atoms with Crippen molar-refractivity contribution < 1.29 is 18.7 Å². The van der Waals surface area contributed by atoms with Crippen molar-refractivity contribution >= 4 is 23.6 Å². The van der Waals surface area contributed by atoms with Crippen LogP contribution in [0.3, 0.4) is 0 Å². The fourth-order valence-corrected chi connectivity index (χ4v) is 3.21. The van der Waals surface area contributed by atoms with Gasteiger partial charge in [-0.05, 0) is 43.2 Å². The largest absolute Gasteiger partial charge is 0.454 e. The minimum Gasteiger partial charge on any atom is -0.454 e. The molecule has 2 aromatic heterocycles. The molecule has 1 amide bonds. The summed E-state index contributed by atoms with van der Waals surface area (Å²) in [5, 5.41) is 12.3. The van der Waals surface area contributed by atoms with Crippen molar-refractivity contribution in [3.8, 4) is 6.07 Å². The van der Waals surface area contributed by atoms with Crippen LogP contribution < -0.4 is 10.2 Å². The molecular formula is C23H23FN6O3. The summed E-state index contributed by atoms with van der Waals surface area (Å²) >= 11 is 0. The van der Waals surface area contributed by atoms with Gasteiger partial charge < -0.3 is 19.5 Å². The zero-order chi connectivity index (χ0) is 24.0. The fourth-order valence-electron chi connectivity index (χ4n) is 3.21. The summed E-state index contributed by atoms with van der Waals surface area (Å²) in [6.07, 6.45) is 3.10. The van der Waals surface area contributed by atoms with Gasteiger partial charge in [0.1, 0.15) is 24.2 Å². The number of hydrogen-bond acceptors (Lipinski definition) is 7. The highest BCUT2D eigenvalue weighted by Gasteiger charge is 2.21. The predicted molar refractivity (Wildman–Crippen MR) is 119 cm³/mol. The summed E-state index contributed by atoms with van der Waals surface area (Å²) in [5.41, 5.74) is 2.62. The van der Waals surface area contributed by atoms with E-state index < -0.39 is 18.5 Å². The Morgan fingerprint density at radius 1 is 1.21 bits per heavy atom. The van der Waals surface area contributed by atoms with E-state index in [1.54, 1.807) is 49.1 Å². The van der Waals surface area contributed by atoms with Crippen LogP contribution in [0.2, 0.25) is 0 Å². The smallest absolute Gasteiger partial charge is 0.326 e. The minimum atomic E-state index is -0.630. The summed E-state index contributed by atoms with van der Waals surface area (Å²) in [6.45, 7) is 3.28. The highest BCUT2D eigenvalue weighted by atomic mass is 19.1. The molecule has 1 N–H and O–H groups in total. The Labute approximate surface area is 190 Å². The number of aromatic nitrogens is 3. The standard InChI is InChI=1S/C23H23FN6O3/c1-15-16(2)30(12-17-5-7-18(24)8-6-17)22(19(15)11-25)28-20(31)14-33-21(32)13-29(3)23-26-9-4-10-27-23/h4-10H,12-14H2,1-3H3,(H,28,31). The molecule has 1 aromatic carbocycles. The van der Waals surface area contributed by atoms with Gasteiger partial charge in [0.2, 0.25) is 5.95 Å². The predicted octanol–water partition coefficient (Wildman–Crippen LogP) is 2.57. The van der Waals surface area contributed by atoms with Gasteiger partial charge in [0.25, 0.3) is 5.91 Å². The molecular weight excluding hydrogens is 427 g/mol. The molecule has 0 aliphatic carbocycles. The molecule has 0 unspecified atom stereocenters. The van der Waals surface area contributed by atoms with Crippen molar-refractivity contribution in [1.29, 1.82) is 5.26 Å². The number of hydrogen-bond donors (Lipinski definition) is 1. The zero-order valence-corrected chi connectivity index (χ0v) is 18.5. The molecule has 3 rings (SSSR count). The molecule has 0 fully saturated rings. The Bertz CT molecular complexity index is 1190. The normalized spacial score (nSPS) is 10.4. The van der Waals surface area contributed by atoms with Crippen LogP contribution in [0.1, 0.15) is 22.4 Å². The average Bonchev–Trinajstić information content (AvgIpc) is 3.03. The van der Waals surface area contributed by atoms with Gasteiger partial charge in [0.15, 0.2) is 6.61 Å². The zero-order valence-electron chi connectivity index (χ0n) is 18.5. The number of nitriles is 1. The molecule has 2 heterocycles. The number of halogens is 1. The minimum absolute atomic E-state index is 0.139. The first-order valence-electron chi connectivity index (χ1n) is 10.1. The Hall–Kier alpha value is -4.26. The monoisotopic (exact) mass is 450 g/mol. The fraction of sp³-hybridized carbons (Fsp3) is 0.261. The maximum Gasteiger partial charge on any atom is 0.326 e. The van der Waals surface area contributed by atoms with E-state index in [2.05, 4.69) is 21.4 Å². The second-order valence-corrected chi connectivity index (χ2v) is 7.37. The van der Waals surface area contributed by atoms with Crippen molar-refractivity contribution in [2.45, 2.75) is 20.4 Å². The number of nitrogens with zero attached hydrogens (tertiary/aromatic N) is 5. The maximum atomic E-state index is 13.2. The summed E-state index contributed by atoms with van der Waals surface area (Å²) in [6, 6.07) is 9.74. The number of carbonyl (C=O) groups is 2. The average molecular weight is 450 g/mol. The quantitative estimate of drug-likeness (QED) is 0.525. The molecule has 0 aliphatic heterocycles. The lowest BCUT2D eigenvalue weighted by molar-refractivity contribution is -0.145. The van der Waals surface area contributed by atoms with Crippen molar-refractivity contribution in [2.75, 3.05) is 30.4 Å². The first-order chi connectivity index (χ1) is 15.8. The molecule has 0 saturated carbocycles. The van der Waals surface area contributed by atoms with Crippen LogP contribution in [0.15, 0.2) is 42.7 Å². The van der Waals surface area contributed by atoms with Crippen LogP contribution in [0.5, 0.6) is 0 Å². The van der Waals surface area contributed by atoms with Crippen LogP contribution in [-0.4, -0.2) is 46.6 Å². The van der Waals surface area contributed by atoms with Crippen LogP contribution in [0.4, 0.5) is 16.2 Å². The molecule has 0 atom stereocenters. The Kier molecular flexibility index (Phi) is 7.35. The highest BCUT2D eigenvalue weighted by molar-refractivity contribution is 5.94. The number of anilines is 2. The Morgan fingerprint density at radius 2 is 1.88 bits per heavy atom. The number of benzene rings is 1. The SMILES string of the molecule is Cc1c(C#N)c(NC(=O)COC(=O)CN(C)c2ncccn2)n(Cc2ccc(F)cc2)c1C. The van der Waals surface area contributed by atoms with Gasteiger partial charge in [-0.2, -0.15) is 5.26 Å². The van der Waals surface area contributed by atoms with Crippen LogP contribution >= 0.6 is 0 Å². The lowest BCUT2D eigenvalue weighted by Crippen LogP contribution is -2.31. The van der Waals surface area contributed by atoms with Crippen molar-refractivity contribution in [3.05, 3.63) is 70.9 Å². The summed E-state index contributed by atoms with van der Waals surface area (Å²) in [5.74, 6) is -0.919. The van der Waals surface area contributed by atoms with E-state index in [-0.39, 0.29) is 12.4 Å². The topological polar surface area (TPSA) is 113 Å². The highest BCUT2D eigenvalue weighted by Crippen LogP contribution is 2.27. The molecule has 3 aromatic rings. The lowest BCUT2D eigenvalue weighted by Gasteiger charge is -2.16. The lowest BCUT2D eigenvalue weighted by atomic mass is 10.2. The second-order valence-electron chi connectivity index (χ2n) is 7.37. The summed E-state index contributed by atoms with van der Waals surface area (Å²) in [7, 11) is 1.63. The number of rotatable bonds is 8. The second kappa shape index (κ2) is 10.4. The van der Waals surface area contributed by atoms with Gasteiger partial charge in [-0.3, -0.25) is 9.59 Å². The van der Waals surface area contributed by atoms with Crippen molar-refractivity contribution in [3.63, 3.8) is 0 Å². The number of carbonyl (C=O) groups excluding carboxylic acids is 2. The summed E-state index contributed by atoms with van der Waals surface area (Å²) in [4.78, 5) is 34.2. The Morgan fingerprint density at radius 3 is 2.52 bits per heavy atom. The van der Waals surface area contributed by atoms with E-state index in [9.17, 15) is 19.2 Å². The first kappa shape index (κ1) is 23.4. The van der Waals surface area contributed by atoms with Crippen LogP contribution in [0, 0.1) is 31.0 Å². The third kappa shape index (κ3) is 5.71. The number of likely N-dealkylation sites (N-methyl/N-ethyl adjacent to an activating group) is 1. The number of esters is 1. The van der Waals surface area contributed by atoms with Gasteiger partial charge in [-0.25, -0.2) is 14.4 Å².